The monoisotopic (exact) mass is 355 g/mol. The molecule has 0 radical (unpaired) electrons. The van der Waals surface area contributed by atoms with Crippen LogP contribution >= 0.6 is 0 Å². The van der Waals surface area contributed by atoms with Crippen LogP contribution in [-0.4, -0.2) is 40.7 Å². The van der Waals surface area contributed by atoms with Crippen LogP contribution in [0.3, 0.4) is 0 Å². The van der Waals surface area contributed by atoms with E-state index in [1.54, 1.807) is 17.0 Å². The van der Waals surface area contributed by atoms with Gasteiger partial charge in [-0.25, -0.2) is 4.39 Å². The first-order valence-electron chi connectivity index (χ1n) is 9.20. The molecule has 0 N–H and O–H groups in total. The summed E-state index contributed by atoms with van der Waals surface area (Å²) in [6, 6.07) is 9.76. The van der Waals surface area contributed by atoms with Crippen LogP contribution in [0.2, 0.25) is 0 Å². The summed E-state index contributed by atoms with van der Waals surface area (Å²) in [7, 11) is 0. The minimum atomic E-state index is -0.382. The number of amides is 1. The zero-order valence-electron chi connectivity index (χ0n) is 14.6. The van der Waals surface area contributed by atoms with Gasteiger partial charge >= 0.3 is 0 Å². The first-order valence-corrected chi connectivity index (χ1v) is 9.20. The molecule has 6 heteroatoms. The van der Waals surface area contributed by atoms with E-state index in [4.69, 9.17) is 4.74 Å². The van der Waals surface area contributed by atoms with Crippen LogP contribution in [0, 0.1) is 11.7 Å². The van der Waals surface area contributed by atoms with Crippen molar-refractivity contribution < 1.29 is 13.9 Å². The quantitative estimate of drug-likeness (QED) is 0.825. The van der Waals surface area contributed by atoms with Gasteiger partial charge in [0.15, 0.2) is 0 Å². The van der Waals surface area contributed by atoms with Crippen molar-refractivity contribution in [1.29, 1.82) is 0 Å². The van der Waals surface area contributed by atoms with E-state index in [2.05, 4.69) is 10.2 Å². The Morgan fingerprint density at radius 1 is 1.12 bits per heavy atom. The molecule has 1 aromatic carbocycles. The average molecular weight is 355 g/mol. The number of likely N-dealkylation sites (tertiary alicyclic amines) is 1. The molecule has 2 fully saturated rings. The maximum Gasteiger partial charge on any atom is 0.253 e. The Labute approximate surface area is 152 Å². The Morgan fingerprint density at radius 3 is 2.58 bits per heavy atom. The summed E-state index contributed by atoms with van der Waals surface area (Å²) < 4.78 is 19.1. The lowest BCUT2D eigenvalue weighted by Crippen LogP contribution is -2.39. The van der Waals surface area contributed by atoms with Gasteiger partial charge in [0.05, 0.1) is 12.3 Å². The molecule has 0 unspecified atom stereocenters. The third kappa shape index (κ3) is 4.00. The molecular formula is C20H22FN3O2. The van der Waals surface area contributed by atoms with Crippen LogP contribution in [0.15, 0.2) is 36.4 Å². The van der Waals surface area contributed by atoms with Crippen LogP contribution in [0.25, 0.3) is 0 Å². The van der Waals surface area contributed by atoms with E-state index in [0.29, 0.717) is 43.0 Å². The van der Waals surface area contributed by atoms with Crippen molar-refractivity contribution in [2.75, 3.05) is 19.7 Å². The summed E-state index contributed by atoms with van der Waals surface area (Å²) in [5.74, 6) is 1.05. The van der Waals surface area contributed by atoms with E-state index in [0.717, 1.165) is 18.5 Å². The number of hydrogen-bond donors (Lipinski definition) is 0. The summed E-state index contributed by atoms with van der Waals surface area (Å²) in [5, 5.41) is 8.37. The second kappa shape index (κ2) is 7.40. The lowest BCUT2D eigenvalue weighted by Gasteiger charge is -2.31. The highest BCUT2D eigenvalue weighted by Crippen LogP contribution is 2.38. The van der Waals surface area contributed by atoms with Crippen molar-refractivity contribution in [1.82, 2.24) is 15.1 Å². The minimum Gasteiger partial charge on any atom is -0.476 e. The van der Waals surface area contributed by atoms with Crippen molar-refractivity contribution in [3.63, 3.8) is 0 Å². The summed E-state index contributed by atoms with van der Waals surface area (Å²) in [6.45, 7) is 1.91. The van der Waals surface area contributed by atoms with Crippen LogP contribution in [0.4, 0.5) is 4.39 Å². The molecule has 0 bridgehead atoms. The van der Waals surface area contributed by atoms with Crippen LogP contribution < -0.4 is 4.74 Å². The average Bonchev–Trinajstić information content (AvgIpc) is 3.52. The Kier molecular flexibility index (Phi) is 4.82. The van der Waals surface area contributed by atoms with E-state index >= 15 is 0 Å². The van der Waals surface area contributed by atoms with Gasteiger partial charge in [0.25, 0.3) is 5.91 Å². The second-order valence-corrected chi connectivity index (χ2v) is 7.13. The molecule has 2 aliphatic rings. The fourth-order valence-electron chi connectivity index (χ4n) is 3.31. The van der Waals surface area contributed by atoms with E-state index < -0.39 is 0 Å². The lowest BCUT2D eigenvalue weighted by molar-refractivity contribution is 0.0658. The third-order valence-corrected chi connectivity index (χ3v) is 5.10. The standard InChI is InChI=1S/C20H22FN3O2/c21-17-3-1-2-16(12-17)20(25)24-10-8-14(9-11-24)13-26-19-7-6-18(22-23-19)15-4-5-15/h1-3,6-7,12,14-15H,4-5,8-11,13H2. The number of aromatic nitrogens is 2. The summed E-state index contributed by atoms with van der Waals surface area (Å²) in [5.41, 5.74) is 1.47. The first kappa shape index (κ1) is 16.9. The van der Waals surface area contributed by atoms with Gasteiger partial charge in [-0.3, -0.25) is 4.79 Å². The van der Waals surface area contributed by atoms with Gasteiger partial charge in [-0.05, 0) is 55.9 Å². The molecule has 1 amide bonds. The van der Waals surface area contributed by atoms with Gasteiger partial charge in [0.2, 0.25) is 5.88 Å². The number of benzene rings is 1. The van der Waals surface area contributed by atoms with E-state index in [-0.39, 0.29) is 11.7 Å². The van der Waals surface area contributed by atoms with E-state index in [1.165, 1.54) is 25.0 Å². The van der Waals surface area contributed by atoms with Crippen molar-refractivity contribution >= 4 is 5.91 Å². The third-order valence-electron chi connectivity index (χ3n) is 5.10. The molecule has 1 aromatic heterocycles. The number of rotatable bonds is 5. The molecule has 1 saturated heterocycles. The lowest BCUT2D eigenvalue weighted by atomic mass is 9.97. The normalized spacial score (nSPS) is 18.0. The highest BCUT2D eigenvalue weighted by Gasteiger charge is 2.26. The molecule has 1 aliphatic carbocycles. The molecule has 1 aliphatic heterocycles. The number of hydrogen-bond acceptors (Lipinski definition) is 4. The van der Waals surface area contributed by atoms with Crippen molar-refractivity contribution in [3.05, 3.63) is 53.5 Å². The molecule has 1 saturated carbocycles. The molecule has 2 aromatic rings. The summed E-state index contributed by atoms with van der Waals surface area (Å²) in [6.07, 6.45) is 4.16. The molecule has 4 rings (SSSR count). The van der Waals surface area contributed by atoms with Crippen LogP contribution in [-0.2, 0) is 0 Å². The van der Waals surface area contributed by atoms with Gasteiger partial charge in [-0.15, -0.1) is 5.10 Å². The molecule has 26 heavy (non-hydrogen) atoms. The Balaban J connectivity index is 1.25. The zero-order chi connectivity index (χ0) is 17.9. The van der Waals surface area contributed by atoms with Crippen molar-refractivity contribution in [2.45, 2.75) is 31.6 Å². The van der Waals surface area contributed by atoms with Crippen LogP contribution in [0.5, 0.6) is 5.88 Å². The van der Waals surface area contributed by atoms with Gasteiger partial charge < -0.3 is 9.64 Å². The van der Waals surface area contributed by atoms with Gasteiger partial charge in [-0.2, -0.15) is 5.10 Å². The first-order chi connectivity index (χ1) is 12.7. The minimum absolute atomic E-state index is 0.106. The Hall–Kier alpha value is -2.50. The zero-order valence-corrected chi connectivity index (χ0v) is 14.6. The SMILES string of the molecule is O=C(c1cccc(F)c1)N1CCC(COc2ccc(C3CC3)nn2)CC1. The summed E-state index contributed by atoms with van der Waals surface area (Å²) in [4.78, 5) is 14.2. The number of ether oxygens (including phenoxy) is 1. The molecule has 2 heterocycles. The number of carbonyl (C=O) groups is 1. The fraction of sp³-hybridized carbons (Fsp3) is 0.450. The van der Waals surface area contributed by atoms with Gasteiger partial charge in [0, 0.05) is 30.6 Å². The predicted molar refractivity (Wildman–Crippen MR) is 94.5 cm³/mol. The second-order valence-electron chi connectivity index (χ2n) is 7.13. The smallest absolute Gasteiger partial charge is 0.253 e. The Bertz CT molecular complexity index is 769. The van der Waals surface area contributed by atoms with Crippen LogP contribution in [0.1, 0.15) is 47.7 Å². The maximum atomic E-state index is 13.3. The largest absolute Gasteiger partial charge is 0.476 e. The van der Waals surface area contributed by atoms with Gasteiger partial charge in [0.1, 0.15) is 5.82 Å². The number of nitrogens with zero attached hydrogens (tertiary/aromatic N) is 3. The molecule has 5 nitrogen and oxygen atoms in total. The number of halogens is 1. The summed E-state index contributed by atoms with van der Waals surface area (Å²) >= 11 is 0. The fourth-order valence-corrected chi connectivity index (χ4v) is 3.31. The highest BCUT2D eigenvalue weighted by atomic mass is 19.1. The Morgan fingerprint density at radius 2 is 1.92 bits per heavy atom. The molecule has 136 valence electrons. The molecule has 0 spiro atoms. The number of piperidine rings is 1. The topological polar surface area (TPSA) is 55.3 Å². The highest BCUT2D eigenvalue weighted by molar-refractivity contribution is 5.94. The van der Waals surface area contributed by atoms with Crippen molar-refractivity contribution in [3.8, 4) is 5.88 Å². The predicted octanol–water partition coefficient (Wildman–Crippen LogP) is 3.42. The maximum absolute atomic E-state index is 13.3. The molecule has 0 atom stereocenters. The van der Waals surface area contributed by atoms with E-state index in [9.17, 15) is 9.18 Å². The number of carbonyl (C=O) groups excluding carboxylic acids is 1. The van der Waals surface area contributed by atoms with Crippen molar-refractivity contribution in [2.24, 2.45) is 5.92 Å². The van der Waals surface area contributed by atoms with Gasteiger partial charge in [-0.1, -0.05) is 6.07 Å². The molecular weight excluding hydrogens is 333 g/mol. The van der Waals surface area contributed by atoms with E-state index in [1.807, 2.05) is 12.1 Å².